The van der Waals surface area contributed by atoms with E-state index < -0.39 is 0 Å². The van der Waals surface area contributed by atoms with Crippen molar-refractivity contribution in [2.45, 2.75) is 38.5 Å². The van der Waals surface area contributed by atoms with Crippen LogP contribution in [-0.2, 0) is 0 Å². The molecule has 4 nitrogen and oxygen atoms in total. The number of nitrogens with zero attached hydrogens (tertiary/aromatic N) is 2. The van der Waals surface area contributed by atoms with Crippen molar-refractivity contribution < 1.29 is 4.79 Å². The lowest BCUT2D eigenvalue weighted by molar-refractivity contribution is 0.102. The molecule has 2 heterocycles. The summed E-state index contributed by atoms with van der Waals surface area (Å²) in [5.41, 5.74) is 2.42. The topological polar surface area (TPSA) is 54.9 Å². The average Bonchev–Trinajstić information content (AvgIpc) is 3.19. The third-order valence-corrected chi connectivity index (χ3v) is 4.38. The molecule has 0 saturated heterocycles. The van der Waals surface area contributed by atoms with Gasteiger partial charge in [0.1, 0.15) is 5.15 Å². The third kappa shape index (κ3) is 3.41. The number of pyridine rings is 1. The fourth-order valence-electron chi connectivity index (χ4n) is 2.02. The molecule has 1 aliphatic carbocycles. The zero-order chi connectivity index (χ0) is 15.0. The van der Waals surface area contributed by atoms with Crippen LogP contribution in [0.1, 0.15) is 60.3 Å². The quantitative estimate of drug-likeness (QED) is 0.847. The smallest absolute Gasteiger partial charge is 0.257 e. The zero-order valence-corrected chi connectivity index (χ0v) is 13.5. The number of thiazole rings is 1. The van der Waals surface area contributed by atoms with Gasteiger partial charge in [0.05, 0.1) is 5.69 Å². The summed E-state index contributed by atoms with van der Waals surface area (Å²) in [6.45, 7) is 4.03. The average molecular weight is 322 g/mol. The number of halogens is 1. The van der Waals surface area contributed by atoms with Crippen LogP contribution in [-0.4, -0.2) is 15.9 Å². The zero-order valence-electron chi connectivity index (χ0n) is 11.9. The number of carbonyl (C=O) groups excluding carboxylic acids is 1. The van der Waals surface area contributed by atoms with Crippen LogP contribution in [0.2, 0.25) is 5.15 Å². The fourth-order valence-corrected chi connectivity index (χ4v) is 3.03. The van der Waals surface area contributed by atoms with Gasteiger partial charge < -0.3 is 0 Å². The second-order valence-electron chi connectivity index (χ2n) is 5.56. The van der Waals surface area contributed by atoms with Crippen molar-refractivity contribution in [3.8, 4) is 0 Å². The molecule has 1 amide bonds. The van der Waals surface area contributed by atoms with E-state index in [1.54, 1.807) is 12.1 Å². The van der Waals surface area contributed by atoms with E-state index in [1.807, 2.05) is 19.2 Å². The van der Waals surface area contributed by atoms with Gasteiger partial charge in [0.25, 0.3) is 5.91 Å². The van der Waals surface area contributed by atoms with Crippen LogP contribution in [0.3, 0.4) is 0 Å². The number of rotatable bonds is 4. The highest BCUT2D eigenvalue weighted by molar-refractivity contribution is 7.14. The van der Waals surface area contributed by atoms with Crippen molar-refractivity contribution in [1.82, 2.24) is 9.97 Å². The number of hydrogen-bond acceptors (Lipinski definition) is 4. The van der Waals surface area contributed by atoms with Gasteiger partial charge in [-0.15, -0.1) is 11.3 Å². The Bertz CT molecular complexity index is 679. The first-order valence-electron chi connectivity index (χ1n) is 6.97. The van der Waals surface area contributed by atoms with E-state index in [0.717, 1.165) is 11.4 Å². The predicted molar refractivity (Wildman–Crippen MR) is 85.4 cm³/mol. The van der Waals surface area contributed by atoms with Gasteiger partial charge in [0.2, 0.25) is 0 Å². The van der Waals surface area contributed by atoms with E-state index in [0.29, 0.717) is 21.8 Å². The summed E-state index contributed by atoms with van der Waals surface area (Å²) in [7, 11) is 0. The summed E-state index contributed by atoms with van der Waals surface area (Å²) in [6.07, 6.45) is 2.41. The van der Waals surface area contributed by atoms with Crippen molar-refractivity contribution >= 4 is 34.0 Å². The van der Waals surface area contributed by atoms with Gasteiger partial charge in [-0.3, -0.25) is 10.1 Å². The third-order valence-electron chi connectivity index (χ3n) is 3.41. The molecule has 3 rings (SSSR count). The van der Waals surface area contributed by atoms with Gasteiger partial charge in [-0.1, -0.05) is 25.4 Å². The van der Waals surface area contributed by atoms with E-state index in [2.05, 4.69) is 15.3 Å². The molecular weight excluding hydrogens is 306 g/mol. The fraction of sp³-hybridized carbons (Fsp3) is 0.400. The molecule has 110 valence electrons. The SMILES string of the molecule is CC(C)c1cc(C(=O)Nc2nc(C3CC3)cs2)cc(Cl)n1. The summed E-state index contributed by atoms with van der Waals surface area (Å²) in [5.74, 6) is 0.615. The van der Waals surface area contributed by atoms with Gasteiger partial charge >= 0.3 is 0 Å². The van der Waals surface area contributed by atoms with E-state index in [9.17, 15) is 4.79 Å². The van der Waals surface area contributed by atoms with Crippen LogP contribution >= 0.6 is 22.9 Å². The lowest BCUT2D eigenvalue weighted by Gasteiger charge is -2.08. The van der Waals surface area contributed by atoms with Gasteiger partial charge in [-0.25, -0.2) is 9.97 Å². The molecule has 2 aromatic rings. The Morgan fingerprint density at radius 1 is 1.38 bits per heavy atom. The molecule has 0 aliphatic heterocycles. The molecular formula is C15H16ClN3OS. The van der Waals surface area contributed by atoms with Crippen LogP contribution in [0.5, 0.6) is 0 Å². The molecule has 1 saturated carbocycles. The Labute approximate surface area is 132 Å². The van der Waals surface area contributed by atoms with Crippen LogP contribution in [0.15, 0.2) is 17.5 Å². The van der Waals surface area contributed by atoms with Crippen LogP contribution in [0.25, 0.3) is 0 Å². The van der Waals surface area contributed by atoms with E-state index in [4.69, 9.17) is 11.6 Å². The van der Waals surface area contributed by atoms with Crippen molar-refractivity contribution in [2.24, 2.45) is 0 Å². The lowest BCUT2D eigenvalue weighted by atomic mass is 10.1. The number of anilines is 1. The minimum absolute atomic E-state index is 0.196. The first-order valence-corrected chi connectivity index (χ1v) is 8.23. The molecule has 0 aromatic carbocycles. The molecule has 0 bridgehead atoms. The van der Waals surface area contributed by atoms with Crippen LogP contribution in [0, 0.1) is 0 Å². The maximum atomic E-state index is 12.3. The van der Waals surface area contributed by atoms with Crippen molar-refractivity contribution in [3.05, 3.63) is 39.6 Å². The Balaban J connectivity index is 1.77. The summed E-state index contributed by atoms with van der Waals surface area (Å²) in [5, 5.41) is 5.83. The molecule has 1 fully saturated rings. The highest BCUT2D eigenvalue weighted by Crippen LogP contribution is 2.40. The molecule has 6 heteroatoms. The van der Waals surface area contributed by atoms with Crippen molar-refractivity contribution in [1.29, 1.82) is 0 Å². The van der Waals surface area contributed by atoms with Gasteiger partial charge in [0, 0.05) is 22.6 Å². The molecule has 1 N–H and O–H groups in total. The summed E-state index contributed by atoms with van der Waals surface area (Å²) >= 11 is 7.45. The molecule has 2 aromatic heterocycles. The Kier molecular flexibility index (Phi) is 3.95. The monoisotopic (exact) mass is 321 g/mol. The van der Waals surface area contributed by atoms with Crippen molar-refractivity contribution in [3.63, 3.8) is 0 Å². The second kappa shape index (κ2) is 5.73. The highest BCUT2D eigenvalue weighted by Gasteiger charge is 2.26. The van der Waals surface area contributed by atoms with E-state index in [-0.39, 0.29) is 11.8 Å². The molecule has 21 heavy (non-hydrogen) atoms. The van der Waals surface area contributed by atoms with E-state index in [1.165, 1.54) is 24.2 Å². The number of nitrogens with one attached hydrogen (secondary N) is 1. The molecule has 1 aliphatic rings. The number of amides is 1. The first kappa shape index (κ1) is 14.5. The minimum Gasteiger partial charge on any atom is -0.298 e. The van der Waals surface area contributed by atoms with E-state index >= 15 is 0 Å². The maximum Gasteiger partial charge on any atom is 0.257 e. The van der Waals surface area contributed by atoms with Gasteiger partial charge in [-0.05, 0) is 30.9 Å². The summed E-state index contributed by atoms with van der Waals surface area (Å²) in [4.78, 5) is 21.0. The standard InChI is InChI=1S/C15H16ClN3OS/c1-8(2)11-5-10(6-13(16)17-11)14(20)19-15-18-12(7-21-15)9-3-4-9/h5-9H,3-4H2,1-2H3,(H,18,19,20). The Hall–Kier alpha value is -1.46. The largest absolute Gasteiger partial charge is 0.298 e. The first-order chi connectivity index (χ1) is 10.0. The Morgan fingerprint density at radius 2 is 2.14 bits per heavy atom. The Morgan fingerprint density at radius 3 is 2.81 bits per heavy atom. The highest BCUT2D eigenvalue weighted by atomic mass is 35.5. The number of carbonyl (C=O) groups is 1. The van der Waals surface area contributed by atoms with Crippen LogP contribution in [0.4, 0.5) is 5.13 Å². The maximum absolute atomic E-state index is 12.3. The summed E-state index contributed by atoms with van der Waals surface area (Å²) in [6, 6.07) is 3.36. The van der Waals surface area contributed by atoms with Gasteiger partial charge in [0.15, 0.2) is 5.13 Å². The van der Waals surface area contributed by atoms with Crippen LogP contribution < -0.4 is 5.32 Å². The number of hydrogen-bond donors (Lipinski definition) is 1. The predicted octanol–water partition coefficient (Wildman–Crippen LogP) is 4.44. The number of aromatic nitrogens is 2. The summed E-state index contributed by atoms with van der Waals surface area (Å²) < 4.78 is 0. The molecule has 0 atom stereocenters. The lowest BCUT2D eigenvalue weighted by Crippen LogP contribution is -2.13. The minimum atomic E-state index is -0.196. The normalized spacial score (nSPS) is 14.5. The molecule has 0 unspecified atom stereocenters. The molecule has 0 radical (unpaired) electrons. The molecule has 0 spiro atoms. The van der Waals surface area contributed by atoms with Gasteiger partial charge in [-0.2, -0.15) is 0 Å². The second-order valence-corrected chi connectivity index (χ2v) is 6.81. The van der Waals surface area contributed by atoms with Crippen molar-refractivity contribution in [2.75, 3.05) is 5.32 Å².